The minimum Gasteiger partial charge on any atom is -0.494 e. The van der Waals surface area contributed by atoms with Crippen molar-refractivity contribution in [1.29, 1.82) is 0 Å². The number of piperidine rings is 1. The molecular weight excluding hydrogens is 322 g/mol. The molecule has 1 heterocycles. The molecule has 0 radical (unpaired) electrons. The third kappa shape index (κ3) is 4.87. The SMILES string of the molecule is CCOc1cccc([C@@H]2CCCN(C(=O)OC(C)(C)C)[C@H]2C(=O)O)c1. The van der Waals surface area contributed by atoms with Crippen LogP contribution in [0.25, 0.3) is 0 Å². The molecule has 1 aromatic carbocycles. The van der Waals surface area contributed by atoms with Gasteiger partial charge >= 0.3 is 12.1 Å². The summed E-state index contributed by atoms with van der Waals surface area (Å²) in [6, 6.07) is 6.51. The summed E-state index contributed by atoms with van der Waals surface area (Å²) < 4.78 is 10.9. The number of likely N-dealkylation sites (tertiary alicyclic amines) is 1. The highest BCUT2D eigenvalue weighted by Crippen LogP contribution is 2.35. The summed E-state index contributed by atoms with van der Waals surface area (Å²) in [5, 5.41) is 9.78. The molecule has 0 unspecified atom stereocenters. The molecule has 1 fully saturated rings. The smallest absolute Gasteiger partial charge is 0.411 e. The van der Waals surface area contributed by atoms with Crippen molar-refractivity contribution >= 4 is 12.1 Å². The van der Waals surface area contributed by atoms with Crippen LogP contribution in [-0.2, 0) is 9.53 Å². The number of carboxylic acids is 1. The van der Waals surface area contributed by atoms with Crippen LogP contribution in [0.15, 0.2) is 24.3 Å². The minimum atomic E-state index is -1.02. The fourth-order valence-electron chi connectivity index (χ4n) is 3.18. The van der Waals surface area contributed by atoms with E-state index in [-0.39, 0.29) is 5.92 Å². The van der Waals surface area contributed by atoms with Crippen LogP contribution in [0.3, 0.4) is 0 Å². The molecule has 1 saturated heterocycles. The van der Waals surface area contributed by atoms with Crippen LogP contribution in [0.4, 0.5) is 4.79 Å². The van der Waals surface area contributed by atoms with Crippen molar-refractivity contribution in [3.63, 3.8) is 0 Å². The van der Waals surface area contributed by atoms with E-state index in [2.05, 4.69) is 0 Å². The highest BCUT2D eigenvalue weighted by atomic mass is 16.6. The van der Waals surface area contributed by atoms with Gasteiger partial charge in [-0.05, 0) is 58.2 Å². The molecule has 0 bridgehead atoms. The number of carbonyl (C=O) groups excluding carboxylic acids is 1. The predicted octanol–water partition coefficient (Wildman–Crippen LogP) is 3.65. The van der Waals surface area contributed by atoms with Gasteiger partial charge in [0.25, 0.3) is 0 Å². The van der Waals surface area contributed by atoms with Gasteiger partial charge in [-0.15, -0.1) is 0 Å². The van der Waals surface area contributed by atoms with E-state index in [1.54, 1.807) is 20.8 Å². The second kappa shape index (κ2) is 7.76. The average Bonchev–Trinajstić information content (AvgIpc) is 2.53. The molecule has 1 N–H and O–H groups in total. The van der Waals surface area contributed by atoms with Crippen LogP contribution in [0.1, 0.15) is 52.0 Å². The maximum atomic E-state index is 12.5. The van der Waals surface area contributed by atoms with Crippen LogP contribution in [-0.4, -0.2) is 46.9 Å². The number of amides is 1. The number of nitrogens with zero attached hydrogens (tertiary/aromatic N) is 1. The summed E-state index contributed by atoms with van der Waals surface area (Å²) in [5.41, 5.74) is 0.203. The van der Waals surface area contributed by atoms with Crippen molar-refractivity contribution in [1.82, 2.24) is 4.90 Å². The molecule has 0 aliphatic carbocycles. The third-order valence-corrected chi connectivity index (χ3v) is 4.11. The number of rotatable bonds is 4. The lowest BCUT2D eigenvalue weighted by Crippen LogP contribution is -2.53. The maximum absolute atomic E-state index is 12.5. The van der Waals surface area contributed by atoms with Crippen molar-refractivity contribution in [3.05, 3.63) is 29.8 Å². The summed E-state index contributed by atoms with van der Waals surface area (Å²) in [6.45, 7) is 8.14. The van der Waals surface area contributed by atoms with Crippen molar-refractivity contribution in [2.45, 2.75) is 58.1 Å². The van der Waals surface area contributed by atoms with Crippen LogP contribution in [0.2, 0.25) is 0 Å². The number of ether oxygens (including phenoxy) is 2. The molecule has 2 atom stereocenters. The van der Waals surface area contributed by atoms with Gasteiger partial charge in [0.15, 0.2) is 0 Å². The molecule has 6 heteroatoms. The van der Waals surface area contributed by atoms with Crippen LogP contribution < -0.4 is 4.74 Å². The first-order valence-corrected chi connectivity index (χ1v) is 8.68. The number of carbonyl (C=O) groups is 2. The normalized spacial score (nSPS) is 20.9. The second-order valence-corrected chi connectivity index (χ2v) is 7.21. The minimum absolute atomic E-state index is 0.292. The molecule has 0 saturated carbocycles. The van der Waals surface area contributed by atoms with Gasteiger partial charge in [-0.3, -0.25) is 4.90 Å². The van der Waals surface area contributed by atoms with Crippen molar-refractivity contribution in [2.24, 2.45) is 0 Å². The largest absolute Gasteiger partial charge is 0.494 e. The van der Waals surface area contributed by atoms with Gasteiger partial charge in [0.05, 0.1) is 6.61 Å². The Hall–Kier alpha value is -2.24. The quantitative estimate of drug-likeness (QED) is 0.898. The lowest BCUT2D eigenvalue weighted by atomic mass is 9.83. The molecule has 1 amide bonds. The van der Waals surface area contributed by atoms with Crippen LogP contribution in [0, 0.1) is 0 Å². The Bertz CT molecular complexity index is 622. The number of hydrogen-bond donors (Lipinski definition) is 1. The van der Waals surface area contributed by atoms with Crippen LogP contribution in [0.5, 0.6) is 5.75 Å². The third-order valence-electron chi connectivity index (χ3n) is 4.11. The van der Waals surface area contributed by atoms with Crippen molar-refractivity contribution < 1.29 is 24.2 Å². The van der Waals surface area contributed by atoms with Crippen molar-refractivity contribution in [3.8, 4) is 5.75 Å². The first-order chi connectivity index (χ1) is 11.7. The Morgan fingerprint density at radius 1 is 1.32 bits per heavy atom. The van der Waals surface area contributed by atoms with Gasteiger partial charge in [0.2, 0.25) is 0 Å². The van der Waals surface area contributed by atoms with Gasteiger partial charge in [-0.2, -0.15) is 0 Å². The Morgan fingerprint density at radius 3 is 2.64 bits per heavy atom. The van der Waals surface area contributed by atoms with E-state index in [1.807, 2.05) is 31.2 Å². The average molecular weight is 349 g/mol. The van der Waals surface area contributed by atoms with E-state index < -0.39 is 23.7 Å². The first-order valence-electron chi connectivity index (χ1n) is 8.68. The van der Waals surface area contributed by atoms with E-state index in [1.165, 1.54) is 4.90 Å². The molecule has 6 nitrogen and oxygen atoms in total. The Balaban J connectivity index is 2.30. The molecule has 1 aliphatic rings. The van der Waals surface area contributed by atoms with Gasteiger partial charge < -0.3 is 14.6 Å². The first kappa shape index (κ1) is 19.1. The molecule has 2 rings (SSSR count). The van der Waals surface area contributed by atoms with E-state index >= 15 is 0 Å². The van der Waals surface area contributed by atoms with Gasteiger partial charge in [0.1, 0.15) is 17.4 Å². The Kier molecular flexibility index (Phi) is 5.93. The molecule has 138 valence electrons. The zero-order valence-electron chi connectivity index (χ0n) is 15.3. The fraction of sp³-hybridized carbons (Fsp3) is 0.579. The van der Waals surface area contributed by atoms with Gasteiger partial charge in [-0.1, -0.05) is 12.1 Å². The summed E-state index contributed by atoms with van der Waals surface area (Å²) in [5.74, 6) is -0.602. The zero-order chi connectivity index (χ0) is 18.6. The maximum Gasteiger partial charge on any atom is 0.411 e. The molecule has 1 aliphatic heterocycles. The monoisotopic (exact) mass is 349 g/mol. The fourth-order valence-corrected chi connectivity index (χ4v) is 3.18. The number of benzene rings is 1. The van der Waals surface area contributed by atoms with E-state index in [9.17, 15) is 14.7 Å². The number of carboxylic acid groups (broad SMARTS) is 1. The highest BCUT2D eigenvalue weighted by molar-refractivity contribution is 5.81. The number of hydrogen-bond acceptors (Lipinski definition) is 4. The Morgan fingerprint density at radius 2 is 2.04 bits per heavy atom. The summed E-state index contributed by atoms with van der Waals surface area (Å²) >= 11 is 0. The second-order valence-electron chi connectivity index (χ2n) is 7.21. The highest BCUT2D eigenvalue weighted by Gasteiger charge is 2.41. The number of aliphatic carboxylic acids is 1. The standard InChI is InChI=1S/C19H27NO5/c1-5-24-14-9-6-8-13(12-14)15-10-7-11-20(16(15)17(21)22)18(23)25-19(2,3)4/h6,8-9,12,15-16H,5,7,10-11H2,1-4H3,(H,21,22)/t15-,16+/m0/s1. The Labute approximate surface area is 148 Å². The topological polar surface area (TPSA) is 76.1 Å². The van der Waals surface area contributed by atoms with E-state index in [0.29, 0.717) is 25.3 Å². The van der Waals surface area contributed by atoms with Gasteiger partial charge in [-0.25, -0.2) is 9.59 Å². The predicted molar refractivity (Wildman–Crippen MR) is 93.9 cm³/mol. The molecule has 1 aromatic rings. The lowest BCUT2D eigenvalue weighted by molar-refractivity contribution is -0.145. The zero-order valence-corrected chi connectivity index (χ0v) is 15.3. The lowest BCUT2D eigenvalue weighted by Gasteiger charge is -2.39. The summed E-state index contributed by atoms with van der Waals surface area (Å²) in [4.78, 5) is 25.8. The van der Waals surface area contributed by atoms with E-state index in [4.69, 9.17) is 9.47 Å². The van der Waals surface area contributed by atoms with Crippen molar-refractivity contribution in [2.75, 3.05) is 13.2 Å². The van der Waals surface area contributed by atoms with E-state index in [0.717, 1.165) is 12.0 Å². The van der Waals surface area contributed by atoms with Crippen LogP contribution >= 0.6 is 0 Å². The van der Waals surface area contributed by atoms with Gasteiger partial charge in [0, 0.05) is 12.5 Å². The summed E-state index contributed by atoms with van der Waals surface area (Å²) in [6.07, 6.45) is 0.851. The molecule has 0 spiro atoms. The summed E-state index contributed by atoms with van der Waals surface area (Å²) in [7, 11) is 0. The molecular formula is C19H27NO5. The molecule has 0 aromatic heterocycles. The molecule has 25 heavy (non-hydrogen) atoms.